The van der Waals surface area contributed by atoms with Crippen molar-refractivity contribution in [2.75, 3.05) is 0 Å². The topological polar surface area (TPSA) is 166 Å². The minimum Gasteiger partial charge on any atom is -0.445 e. The van der Waals surface area contributed by atoms with Gasteiger partial charge in [0.15, 0.2) is 0 Å². The zero-order valence-corrected chi connectivity index (χ0v) is 29.0. The number of H-pyrrole nitrogens is 1. The molecule has 0 fully saturated rings. The summed E-state index contributed by atoms with van der Waals surface area (Å²) in [6.45, 7) is 3.50. The van der Waals surface area contributed by atoms with Crippen LogP contribution in [0.25, 0.3) is 10.9 Å². The van der Waals surface area contributed by atoms with Gasteiger partial charge >= 0.3 is 6.09 Å². The lowest BCUT2D eigenvalue weighted by Gasteiger charge is -2.22. The number of para-hydroxylation sites is 1. The zero-order valence-electron chi connectivity index (χ0n) is 29.0. The van der Waals surface area contributed by atoms with Crippen LogP contribution in [-0.2, 0) is 32.1 Å². The summed E-state index contributed by atoms with van der Waals surface area (Å²) in [4.78, 5) is 56.6. The molecule has 12 heteroatoms. The predicted molar refractivity (Wildman–Crippen MR) is 200 cm³/mol. The van der Waals surface area contributed by atoms with Gasteiger partial charge in [0.05, 0.1) is 11.4 Å². The van der Waals surface area contributed by atoms with Crippen LogP contribution in [-0.4, -0.2) is 52.3 Å². The fraction of sp³-hybridized carbons (Fsp3) is 0.200. The molecular formula is C40H41N7O5. The molecule has 266 valence electrons. The molecule has 4 amide bonds. The number of alkyl carbamates (subject to hydrolysis) is 1. The summed E-state index contributed by atoms with van der Waals surface area (Å²) in [6, 6.07) is 33.1. The summed E-state index contributed by atoms with van der Waals surface area (Å²) < 4.78 is 5.38. The number of carbonyl (C=O) groups is 4. The van der Waals surface area contributed by atoms with Crippen LogP contribution in [0, 0.1) is 0 Å². The highest BCUT2D eigenvalue weighted by Gasteiger charge is 2.29. The molecule has 1 aromatic heterocycles. The molecule has 0 aliphatic rings. The molecule has 0 saturated carbocycles. The van der Waals surface area contributed by atoms with Gasteiger partial charge in [0.1, 0.15) is 18.7 Å². The van der Waals surface area contributed by atoms with Crippen molar-refractivity contribution in [1.29, 1.82) is 0 Å². The van der Waals surface area contributed by atoms with E-state index in [0.29, 0.717) is 11.4 Å². The van der Waals surface area contributed by atoms with Gasteiger partial charge in [-0.3, -0.25) is 14.4 Å². The van der Waals surface area contributed by atoms with Crippen molar-refractivity contribution in [2.24, 2.45) is 10.2 Å². The number of aromatic amines is 1. The lowest BCUT2D eigenvalue weighted by molar-refractivity contribution is -0.130. The number of carbonyl (C=O) groups excluding carboxylic acids is 4. The highest BCUT2D eigenvalue weighted by atomic mass is 16.5. The van der Waals surface area contributed by atoms with Crippen molar-refractivity contribution in [3.05, 3.63) is 144 Å². The van der Waals surface area contributed by atoms with Gasteiger partial charge in [0.25, 0.3) is 5.91 Å². The number of benzene rings is 4. The molecule has 52 heavy (non-hydrogen) atoms. The van der Waals surface area contributed by atoms with Crippen molar-refractivity contribution in [3.8, 4) is 0 Å². The summed E-state index contributed by atoms with van der Waals surface area (Å²) in [5.74, 6) is -1.72. The summed E-state index contributed by atoms with van der Waals surface area (Å²) in [5, 5.41) is 14.7. The predicted octanol–water partition coefficient (Wildman–Crippen LogP) is 5.35. The summed E-state index contributed by atoms with van der Waals surface area (Å²) in [7, 11) is 0. The van der Waals surface area contributed by atoms with E-state index in [4.69, 9.17) is 4.74 Å². The molecule has 0 radical (unpaired) electrons. The summed E-state index contributed by atoms with van der Waals surface area (Å²) in [6.07, 6.45) is 0.769. The molecule has 5 aromatic rings. The van der Waals surface area contributed by atoms with Gasteiger partial charge in [-0.1, -0.05) is 109 Å². The lowest BCUT2D eigenvalue weighted by Crippen LogP contribution is -2.54. The first-order valence-electron chi connectivity index (χ1n) is 16.9. The van der Waals surface area contributed by atoms with Crippen LogP contribution in [0.1, 0.15) is 48.9 Å². The number of nitrogens with zero attached hydrogens (tertiary/aromatic N) is 2. The number of aromatic nitrogens is 1. The molecule has 0 unspecified atom stereocenters. The summed E-state index contributed by atoms with van der Waals surface area (Å²) in [5.41, 5.74) is 10.3. The van der Waals surface area contributed by atoms with E-state index < -0.39 is 35.9 Å². The minimum absolute atomic E-state index is 0.0284. The Morgan fingerprint density at radius 2 is 1.25 bits per heavy atom. The Morgan fingerprint density at radius 3 is 1.90 bits per heavy atom. The quantitative estimate of drug-likeness (QED) is 0.0733. The Hall–Kier alpha value is -6.56. The lowest BCUT2D eigenvalue weighted by atomic mass is 10.0. The van der Waals surface area contributed by atoms with Crippen molar-refractivity contribution < 1.29 is 23.9 Å². The molecule has 5 N–H and O–H groups in total. The molecule has 5 rings (SSSR count). The first-order chi connectivity index (χ1) is 25.3. The number of nitrogens with one attached hydrogen (secondary N) is 5. The Kier molecular flexibility index (Phi) is 13.0. The third-order valence-corrected chi connectivity index (χ3v) is 8.28. The van der Waals surface area contributed by atoms with E-state index in [1.807, 2.05) is 103 Å². The fourth-order valence-electron chi connectivity index (χ4n) is 5.36. The second kappa shape index (κ2) is 18.4. The molecule has 0 saturated heterocycles. The van der Waals surface area contributed by atoms with Gasteiger partial charge in [-0.2, -0.15) is 10.2 Å². The van der Waals surface area contributed by atoms with Crippen LogP contribution in [0.3, 0.4) is 0 Å². The number of hydrazone groups is 2. The summed E-state index contributed by atoms with van der Waals surface area (Å²) >= 11 is 0. The van der Waals surface area contributed by atoms with Crippen LogP contribution in [0.4, 0.5) is 4.79 Å². The van der Waals surface area contributed by atoms with E-state index in [2.05, 4.69) is 36.7 Å². The molecule has 0 aliphatic carbocycles. The van der Waals surface area contributed by atoms with E-state index >= 15 is 0 Å². The highest BCUT2D eigenvalue weighted by Crippen LogP contribution is 2.19. The van der Waals surface area contributed by atoms with Crippen molar-refractivity contribution in [2.45, 2.75) is 51.8 Å². The first-order valence-corrected chi connectivity index (χ1v) is 16.9. The molecule has 0 bridgehead atoms. The standard InChI is InChI=1S/C40H41N7O5/c1-27(30-16-8-4-9-17-30)44-46-37(48)23-22-35(43-40(51)52-26-29-14-6-3-7-15-29)38(49)42-36(24-32-25-41-34-21-13-12-20-33(32)34)39(50)47-45-28(2)31-18-10-5-11-19-31/h3-21,25,35-36,41H,22-24,26H2,1-2H3,(H,42,49)(H,43,51)(H,46,48)(H,47,50)/b44-27-,45-28-/t35-,36+/m0/s1. The molecule has 0 aliphatic heterocycles. The van der Waals surface area contributed by atoms with E-state index in [-0.39, 0.29) is 25.9 Å². The second-order valence-corrected chi connectivity index (χ2v) is 12.1. The molecule has 0 spiro atoms. The van der Waals surface area contributed by atoms with E-state index in [0.717, 1.165) is 33.2 Å². The maximum Gasteiger partial charge on any atom is 0.408 e. The van der Waals surface area contributed by atoms with Gasteiger partial charge < -0.3 is 20.4 Å². The second-order valence-electron chi connectivity index (χ2n) is 12.1. The van der Waals surface area contributed by atoms with Crippen LogP contribution in [0.5, 0.6) is 0 Å². The SMILES string of the molecule is C/C(=N/NC(=O)CC[C@H](NC(=O)OCc1ccccc1)C(=O)N[C@H](Cc1c[nH]c2ccccc12)C(=O)N/N=C(/C)c1ccccc1)c1ccccc1. The number of fused-ring (bicyclic) bond motifs is 1. The zero-order chi connectivity index (χ0) is 36.7. The van der Waals surface area contributed by atoms with E-state index in [1.165, 1.54) is 0 Å². The Balaban J connectivity index is 1.32. The molecular weight excluding hydrogens is 658 g/mol. The number of ether oxygens (including phenoxy) is 1. The monoisotopic (exact) mass is 699 g/mol. The van der Waals surface area contributed by atoms with Crippen LogP contribution >= 0.6 is 0 Å². The molecule has 1 heterocycles. The Bertz CT molecular complexity index is 2030. The van der Waals surface area contributed by atoms with Crippen molar-refractivity contribution in [3.63, 3.8) is 0 Å². The smallest absolute Gasteiger partial charge is 0.408 e. The third-order valence-electron chi connectivity index (χ3n) is 8.28. The van der Waals surface area contributed by atoms with Crippen LogP contribution < -0.4 is 21.5 Å². The average molecular weight is 700 g/mol. The van der Waals surface area contributed by atoms with Crippen LogP contribution in [0.2, 0.25) is 0 Å². The van der Waals surface area contributed by atoms with Gasteiger partial charge in [0.2, 0.25) is 11.8 Å². The molecule has 12 nitrogen and oxygen atoms in total. The van der Waals surface area contributed by atoms with Gasteiger partial charge in [0, 0.05) is 29.9 Å². The number of amides is 4. The van der Waals surface area contributed by atoms with Gasteiger partial charge in [-0.15, -0.1) is 0 Å². The fourth-order valence-corrected chi connectivity index (χ4v) is 5.36. The first kappa shape index (κ1) is 36.7. The Labute approximate surface area is 301 Å². The number of rotatable bonds is 15. The van der Waals surface area contributed by atoms with E-state index in [1.54, 1.807) is 32.2 Å². The maximum absolute atomic E-state index is 13.9. The van der Waals surface area contributed by atoms with Gasteiger partial charge in [-0.05, 0) is 48.6 Å². The number of hydrogen-bond donors (Lipinski definition) is 5. The third kappa shape index (κ3) is 10.7. The maximum atomic E-state index is 13.9. The Morgan fingerprint density at radius 1 is 0.673 bits per heavy atom. The van der Waals surface area contributed by atoms with Crippen molar-refractivity contribution in [1.82, 2.24) is 26.5 Å². The average Bonchev–Trinajstić information content (AvgIpc) is 3.59. The normalized spacial score (nSPS) is 12.7. The van der Waals surface area contributed by atoms with Crippen LogP contribution in [0.15, 0.2) is 132 Å². The number of hydrogen-bond acceptors (Lipinski definition) is 7. The largest absolute Gasteiger partial charge is 0.445 e. The van der Waals surface area contributed by atoms with E-state index in [9.17, 15) is 19.2 Å². The molecule has 2 atom stereocenters. The van der Waals surface area contributed by atoms with Gasteiger partial charge in [-0.25, -0.2) is 15.6 Å². The molecule has 4 aromatic carbocycles. The minimum atomic E-state index is -1.24. The van der Waals surface area contributed by atoms with Crippen molar-refractivity contribution >= 4 is 46.1 Å². The highest BCUT2D eigenvalue weighted by molar-refractivity contribution is 6.00.